The molecule has 1 heterocycles. The summed E-state index contributed by atoms with van der Waals surface area (Å²) in [6, 6.07) is 6.20. The maximum Gasteiger partial charge on any atom is 0.238 e. The molecule has 0 saturated carbocycles. The third-order valence-corrected chi connectivity index (χ3v) is 4.39. The van der Waals surface area contributed by atoms with E-state index in [1.807, 2.05) is 0 Å². The van der Waals surface area contributed by atoms with Gasteiger partial charge in [-0.25, -0.2) is 13.6 Å². The lowest BCUT2D eigenvalue weighted by Crippen LogP contribution is -2.42. The molecule has 1 aliphatic heterocycles. The molecule has 4 N–H and O–H groups in total. The van der Waals surface area contributed by atoms with E-state index in [9.17, 15) is 13.2 Å². The fourth-order valence-electron chi connectivity index (χ4n) is 2.25. The minimum absolute atomic E-state index is 0.000698. The Morgan fingerprint density at radius 2 is 2.19 bits per heavy atom. The first kappa shape index (κ1) is 15.9. The number of likely N-dealkylation sites (N-methyl/N-ethyl adjacent to an activating group) is 1. The third kappa shape index (κ3) is 4.01. The lowest BCUT2D eigenvalue weighted by atomic mass is 10.0. The van der Waals surface area contributed by atoms with Crippen molar-refractivity contribution in [3.8, 4) is 0 Å². The minimum atomic E-state index is -3.73. The highest BCUT2D eigenvalue weighted by Crippen LogP contribution is 2.14. The SMILES string of the molecule is CNC1COCC1C(=O)NCc1cccc(S(N)(=O)=O)c1. The standard InChI is InChI=1S/C13H19N3O4S/c1-15-12-8-20-7-11(12)13(17)16-6-9-3-2-4-10(5-9)21(14,18)19/h2-5,11-12,15H,6-8H2,1H3,(H,16,17)(H2,14,18,19). The molecule has 7 nitrogen and oxygen atoms in total. The van der Waals surface area contributed by atoms with Gasteiger partial charge in [0.2, 0.25) is 15.9 Å². The fourth-order valence-corrected chi connectivity index (χ4v) is 2.83. The van der Waals surface area contributed by atoms with Crippen LogP contribution in [0.3, 0.4) is 0 Å². The number of carbonyl (C=O) groups is 1. The summed E-state index contributed by atoms with van der Waals surface area (Å²) in [6.45, 7) is 1.14. The van der Waals surface area contributed by atoms with Gasteiger partial charge in [-0.2, -0.15) is 0 Å². The van der Waals surface area contributed by atoms with Crippen LogP contribution in [0.15, 0.2) is 29.2 Å². The van der Waals surface area contributed by atoms with E-state index in [0.717, 1.165) is 0 Å². The quantitative estimate of drug-likeness (QED) is 0.658. The van der Waals surface area contributed by atoms with E-state index in [4.69, 9.17) is 9.88 Å². The van der Waals surface area contributed by atoms with Gasteiger partial charge in [0.05, 0.1) is 24.0 Å². The smallest absolute Gasteiger partial charge is 0.238 e. The normalized spacial score (nSPS) is 22.2. The van der Waals surface area contributed by atoms with Crippen LogP contribution in [0.4, 0.5) is 0 Å². The van der Waals surface area contributed by atoms with Gasteiger partial charge in [0.15, 0.2) is 0 Å². The monoisotopic (exact) mass is 313 g/mol. The molecule has 1 saturated heterocycles. The Morgan fingerprint density at radius 3 is 2.86 bits per heavy atom. The van der Waals surface area contributed by atoms with Crippen molar-refractivity contribution in [3.63, 3.8) is 0 Å². The van der Waals surface area contributed by atoms with Crippen LogP contribution in [-0.4, -0.2) is 40.6 Å². The number of hydrogen-bond donors (Lipinski definition) is 3. The van der Waals surface area contributed by atoms with Crippen molar-refractivity contribution in [3.05, 3.63) is 29.8 Å². The van der Waals surface area contributed by atoms with Crippen LogP contribution in [0.2, 0.25) is 0 Å². The van der Waals surface area contributed by atoms with Crippen molar-refractivity contribution in [2.24, 2.45) is 11.1 Å². The van der Waals surface area contributed by atoms with Gasteiger partial charge in [-0.1, -0.05) is 12.1 Å². The van der Waals surface area contributed by atoms with E-state index >= 15 is 0 Å². The molecule has 2 atom stereocenters. The molecule has 1 aromatic carbocycles. The van der Waals surface area contributed by atoms with Crippen molar-refractivity contribution in [1.29, 1.82) is 0 Å². The number of benzene rings is 1. The Morgan fingerprint density at radius 1 is 1.43 bits per heavy atom. The van der Waals surface area contributed by atoms with Gasteiger partial charge in [0.1, 0.15) is 0 Å². The number of primary sulfonamides is 1. The van der Waals surface area contributed by atoms with E-state index in [1.54, 1.807) is 19.2 Å². The highest BCUT2D eigenvalue weighted by atomic mass is 32.2. The molecule has 1 aliphatic rings. The predicted molar refractivity (Wildman–Crippen MR) is 76.8 cm³/mol. The van der Waals surface area contributed by atoms with Crippen molar-refractivity contribution in [2.75, 3.05) is 20.3 Å². The zero-order valence-corrected chi connectivity index (χ0v) is 12.5. The van der Waals surface area contributed by atoms with Crippen LogP contribution in [0.1, 0.15) is 5.56 Å². The summed E-state index contributed by atoms with van der Waals surface area (Å²) in [4.78, 5) is 12.1. The van der Waals surface area contributed by atoms with E-state index in [2.05, 4.69) is 10.6 Å². The first-order valence-electron chi connectivity index (χ1n) is 6.56. The number of sulfonamides is 1. The average molecular weight is 313 g/mol. The molecular weight excluding hydrogens is 294 g/mol. The van der Waals surface area contributed by atoms with Crippen LogP contribution in [0.25, 0.3) is 0 Å². The van der Waals surface area contributed by atoms with Crippen molar-refractivity contribution >= 4 is 15.9 Å². The van der Waals surface area contributed by atoms with Gasteiger partial charge < -0.3 is 15.4 Å². The fraction of sp³-hybridized carbons (Fsp3) is 0.462. The number of nitrogens with two attached hydrogens (primary N) is 1. The van der Waals surface area contributed by atoms with E-state index < -0.39 is 10.0 Å². The molecule has 116 valence electrons. The third-order valence-electron chi connectivity index (χ3n) is 3.48. The van der Waals surface area contributed by atoms with Crippen LogP contribution in [0, 0.1) is 5.92 Å². The van der Waals surface area contributed by atoms with Gasteiger partial charge >= 0.3 is 0 Å². The summed E-state index contributed by atoms with van der Waals surface area (Å²) in [5.74, 6) is -0.357. The van der Waals surface area contributed by atoms with Gasteiger partial charge in [-0.15, -0.1) is 0 Å². The van der Waals surface area contributed by atoms with Gasteiger partial charge in [0, 0.05) is 12.6 Å². The van der Waals surface area contributed by atoms with Gasteiger partial charge in [-0.05, 0) is 24.7 Å². The van der Waals surface area contributed by atoms with E-state index in [0.29, 0.717) is 18.8 Å². The van der Waals surface area contributed by atoms with Crippen molar-refractivity contribution in [1.82, 2.24) is 10.6 Å². The first-order chi connectivity index (χ1) is 9.91. The summed E-state index contributed by atoms with van der Waals surface area (Å²) < 4.78 is 27.8. The van der Waals surface area contributed by atoms with Crippen molar-refractivity contribution < 1.29 is 17.9 Å². The number of nitrogens with one attached hydrogen (secondary N) is 2. The average Bonchev–Trinajstić information content (AvgIpc) is 2.92. The predicted octanol–water partition coefficient (Wildman–Crippen LogP) is -0.815. The number of amides is 1. The molecule has 0 aromatic heterocycles. The van der Waals surface area contributed by atoms with E-state index in [1.165, 1.54) is 12.1 Å². The molecule has 8 heteroatoms. The summed E-state index contributed by atoms with van der Waals surface area (Å²) in [7, 11) is -1.95. The Labute approximate surface area is 123 Å². The van der Waals surface area contributed by atoms with E-state index in [-0.39, 0.29) is 29.3 Å². The van der Waals surface area contributed by atoms with Crippen LogP contribution >= 0.6 is 0 Å². The maximum atomic E-state index is 12.1. The second-order valence-corrected chi connectivity index (χ2v) is 6.51. The van der Waals surface area contributed by atoms with Crippen LogP contribution in [0.5, 0.6) is 0 Å². The van der Waals surface area contributed by atoms with Gasteiger partial charge in [0.25, 0.3) is 0 Å². The Balaban J connectivity index is 1.98. The Bertz CT molecular complexity index is 618. The molecule has 2 unspecified atom stereocenters. The second-order valence-electron chi connectivity index (χ2n) is 4.95. The van der Waals surface area contributed by atoms with Gasteiger partial charge in [-0.3, -0.25) is 4.79 Å². The number of ether oxygens (including phenoxy) is 1. The zero-order chi connectivity index (χ0) is 15.5. The van der Waals surface area contributed by atoms with Crippen LogP contribution < -0.4 is 15.8 Å². The molecule has 1 fully saturated rings. The maximum absolute atomic E-state index is 12.1. The minimum Gasteiger partial charge on any atom is -0.379 e. The molecule has 0 bridgehead atoms. The molecular formula is C13H19N3O4S. The molecule has 21 heavy (non-hydrogen) atoms. The highest BCUT2D eigenvalue weighted by molar-refractivity contribution is 7.89. The molecule has 0 aliphatic carbocycles. The number of hydrogen-bond acceptors (Lipinski definition) is 5. The lowest BCUT2D eigenvalue weighted by molar-refractivity contribution is -0.125. The lowest BCUT2D eigenvalue weighted by Gasteiger charge is -2.16. The van der Waals surface area contributed by atoms with Crippen LogP contribution in [-0.2, 0) is 26.1 Å². The molecule has 2 rings (SSSR count). The Hall–Kier alpha value is -1.48. The topological polar surface area (TPSA) is 111 Å². The molecule has 1 aromatic rings. The number of rotatable bonds is 5. The number of carbonyl (C=O) groups excluding carboxylic acids is 1. The molecule has 0 radical (unpaired) electrons. The summed E-state index contributed by atoms with van der Waals surface area (Å²) in [5, 5.41) is 10.9. The highest BCUT2D eigenvalue weighted by Gasteiger charge is 2.32. The summed E-state index contributed by atoms with van der Waals surface area (Å²) >= 11 is 0. The summed E-state index contributed by atoms with van der Waals surface area (Å²) in [5.41, 5.74) is 0.676. The zero-order valence-electron chi connectivity index (χ0n) is 11.7. The van der Waals surface area contributed by atoms with Crippen molar-refractivity contribution in [2.45, 2.75) is 17.5 Å². The largest absolute Gasteiger partial charge is 0.379 e. The first-order valence-corrected chi connectivity index (χ1v) is 8.11. The molecule has 1 amide bonds. The summed E-state index contributed by atoms with van der Waals surface area (Å²) in [6.07, 6.45) is 0. The second kappa shape index (κ2) is 6.52. The Kier molecular flexibility index (Phi) is 4.94. The molecule has 0 spiro atoms.